The zero-order valence-electron chi connectivity index (χ0n) is 12.8. The van der Waals surface area contributed by atoms with Gasteiger partial charge < -0.3 is 4.90 Å². The lowest BCUT2D eigenvalue weighted by molar-refractivity contribution is -0.138. The number of carbonyl (C=O) groups is 2. The van der Waals surface area contributed by atoms with Gasteiger partial charge in [-0.3, -0.25) is 19.4 Å². The maximum atomic E-state index is 12.0. The number of amides is 2. The van der Waals surface area contributed by atoms with Crippen LogP contribution in [0.2, 0.25) is 0 Å². The van der Waals surface area contributed by atoms with Crippen LogP contribution >= 0.6 is 0 Å². The second kappa shape index (κ2) is 6.32. The summed E-state index contributed by atoms with van der Waals surface area (Å²) >= 11 is 0. The van der Waals surface area contributed by atoms with Gasteiger partial charge in [0.05, 0.1) is 12.5 Å². The van der Waals surface area contributed by atoms with Crippen molar-refractivity contribution in [2.75, 3.05) is 33.2 Å². The van der Waals surface area contributed by atoms with Crippen molar-refractivity contribution in [2.45, 2.75) is 12.5 Å². The van der Waals surface area contributed by atoms with Gasteiger partial charge >= 0.3 is 0 Å². The van der Waals surface area contributed by atoms with E-state index in [1.54, 1.807) is 7.05 Å². The molecule has 0 bridgehead atoms. The highest BCUT2D eigenvalue weighted by Gasteiger charge is 2.40. The van der Waals surface area contributed by atoms with Gasteiger partial charge in [0.25, 0.3) is 0 Å². The highest BCUT2D eigenvalue weighted by atomic mass is 16.2. The van der Waals surface area contributed by atoms with E-state index >= 15 is 0 Å². The fourth-order valence-electron chi connectivity index (χ4n) is 2.98. The van der Waals surface area contributed by atoms with Crippen LogP contribution in [-0.4, -0.2) is 65.8 Å². The fraction of sp³-hybridized carbons (Fsp3) is 0.412. The lowest BCUT2D eigenvalue weighted by Gasteiger charge is -2.36. The number of nitrogens with zero attached hydrogens (tertiary/aromatic N) is 3. The quantitative estimate of drug-likeness (QED) is 0.782. The molecule has 2 heterocycles. The number of likely N-dealkylation sites (tertiary alicyclic amines) is 1. The molecule has 0 spiro atoms. The fourth-order valence-corrected chi connectivity index (χ4v) is 2.98. The van der Waals surface area contributed by atoms with E-state index in [0.717, 1.165) is 26.2 Å². The van der Waals surface area contributed by atoms with Crippen molar-refractivity contribution in [3.05, 3.63) is 42.1 Å². The van der Waals surface area contributed by atoms with E-state index in [1.807, 2.05) is 18.2 Å². The van der Waals surface area contributed by atoms with Crippen molar-refractivity contribution in [3.63, 3.8) is 0 Å². The molecule has 2 fully saturated rings. The molecule has 2 aliphatic heterocycles. The minimum Gasteiger partial charge on any atom is -0.375 e. The third-order valence-electron chi connectivity index (χ3n) is 4.42. The van der Waals surface area contributed by atoms with Gasteiger partial charge in [0.15, 0.2) is 0 Å². The minimum absolute atomic E-state index is 0.0572. The van der Waals surface area contributed by atoms with E-state index in [1.165, 1.54) is 10.5 Å². The number of carbonyl (C=O) groups excluding carboxylic acids is 2. The SMILES string of the molecule is CN1C(=O)CC(N2CCN(C=Cc3ccccc3)CC2)C1=O. The molecule has 116 valence electrons. The van der Waals surface area contributed by atoms with Crippen LogP contribution in [0.15, 0.2) is 36.5 Å². The van der Waals surface area contributed by atoms with Crippen LogP contribution in [0.5, 0.6) is 0 Å². The Hall–Kier alpha value is -2.14. The molecule has 1 atom stereocenters. The Morgan fingerprint density at radius 3 is 2.32 bits per heavy atom. The molecule has 0 radical (unpaired) electrons. The van der Waals surface area contributed by atoms with E-state index in [4.69, 9.17) is 0 Å². The van der Waals surface area contributed by atoms with Crippen LogP contribution in [0, 0.1) is 0 Å². The number of hydrogen-bond acceptors (Lipinski definition) is 4. The van der Waals surface area contributed by atoms with E-state index < -0.39 is 0 Å². The lowest BCUT2D eigenvalue weighted by atomic mass is 10.1. The number of benzene rings is 1. The van der Waals surface area contributed by atoms with Crippen LogP contribution in [-0.2, 0) is 9.59 Å². The third kappa shape index (κ3) is 3.04. The van der Waals surface area contributed by atoms with Crippen molar-refractivity contribution in [1.29, 1.82) is 0 Å². The summed E-state index contributed by atoms with van der Waals surface area (Å²) in [5, 5.41) is 0. The van der Waals surface area contributed by atoms with Gasteiger partial charge in [-0.25, -0.2) is 0 Å². The molecule has 2 saturated heterocycles. The molecule has 0 saturated carbocycles. The predicted octanol–water partition coefficient (Wildman–Crippen LogP) is 1.03. The van der Waals surface area contributed by atoms with E-state index in [-0.39, 0.29) is 17.9 Å². The molecule has 0 aliphatic carbocycles. The Balaban J connectivity index is 1.54. The van der Waals surface area contributed by atoms with Gasteiger partial charge in [-0.2, -0.15) is 0 Å². The van der Waals surface area contributed by atoms with Gasteiger partial charge in [-0.1, -0.05) is 30.3 Å². The summed E-state index contributed by atoms with van der Waals surface area (Å²) in [4.78, 5) is 29.3. The van der Waals surface area contributed by atoms with Crippen LogP contribution in [0.1, 0.15) is 12.0 Å². The highest BCUT2D eigenvalue weighted by Crippen LogP contribution is 2.19. The molecule has 22 heavy (non-hydrogen) atoms. The van der Waals surface area contributed by atoms with Crippen molar-refractivity contribution >= 4 is 17.9 Å². The minimum atomic E-state index is -0.252. The molecule has 3 rings (SSSR count). The van der Waals surface area contributed by atoms with Gasteiger partial charge in [-0.05, 0) is 17.8 Å². The average molecular weight is 299 g/mol. The summed E-state index contributed by atoms with van der Waals surface area (Å²) in [5.74, 6) is -0.125. The third-order valence-corrected chi connectivity index (χ3v) is 4.42. The number of piperazine rings is 1. The Bertz CT molecular complexity index is 577. The lowest BCUT2D eigenvalue weighted by Crippen LogP contribution is -2.50. The standard InChI is InChI=1S/C17H21N3O2/c1-18-16(21)13-15(17(18)22)20-11-9-19(10-12-20)8-7-14-5-3-2-4-6-14/h2-8,15H,9-13H2,1H3. The van der Waals surface area contributed by atoms with Crippen LogP contribution in [0.25, 0.3) is 6.08 Å². The number of rotatable bonds is 3. The van der Waals surface area contributed by atoms with Crippen molar-refractivity contribution in [2.24, 2.45) is 0 Å². The summed E-state index contributed by atoms with van der Waals surface area (Å²) in [6.45, 7) is 3.39. The summed E-state index contributed by atoms with van der Waals surface area (Å²) in [5.41, 5.74) is 1.18. The zero-order valence-corrected chi connectivity index (χ0v) is 12.8. The zero-order chi connectivity index (χ0) is 15.5. The Labute approximate surface area is 130 Å². The summed E-state index contributed by atoms with van der Waals surface area (Å²) in [7, 11) is 1.57. The number of hydrogen-bond donors (Lipinski definition) is 0. The molecule has 5 nitrogen and oxygen atoms in total. The average Bonchev–Trinajstić information content (AvgIpc) is 2.82. The van der Waals surface area contributed by atoms with Gasteiger partial charge in [0, 0.05) is 33.2 Å². The number of likely N-dealkylation sites (N-methyl/N-ethyl adjacent to an activating group) is 1. The number of imide groups is 1. The van der Waals surface area contributed by atoms with E-state index in [0.29, 0.717) is 6.42 Å². The van der Waals surface area contributed by atoms with Crippen LogP contribution in [0.3, 0.4) is 0 Å². The molecule has 1 unspecified atom stereocenters. The maximum Gasteiger partial charge on any atom is 0.246 e. The van der Waals surface area contributed by atoms with Crippen molar-refractivity contribution < 1.29 is 9.59 Å². The first-order valence-corrected chi connectivity index (χ1v) is 7.67. The smallest absolute Gasteiger partial charge is 0.246 e. The molecular weight excluding hydrogens is 278 g/mol. The molecular formula is C17H21N3O2. The van der Waals surface area contributed by atoms with Gasteiger partial charge in [0.1, 0.15) is 0 Å². The molecule has 2 aliphatic rings. The van der Waals surface area contributed by atoms with Gasteiger partial charge in [0.2, 0.25) is 11.8 Å². The summed E-state index contributed by atoms with van der Waals surface area (Å²) in [6, 6.07) is 9.95. The van der Waals surface area contributed by atoms with Crippen LogP contribution < -0.4 is 0 Å². The first kappa shape index (κ1) is 14.8. The Morgan fingerprint density at radius 2 is 1.73 bits per heavy atom. The maximum absolute atomic E-state index is 12.0. The molecule has 1 aromatic carbocycles. The topological polar surface area (TPSA) is 43.9 Å². The van der Waals surface area contributed by atoms with Crippen molar-refractivity contribution in [3.8, 4) is 0 Å². The van der Waals surface area contributed by atoms with E-state index in [9.17, 15) is 9.59 Å². The first-order valence-electron chi connectivity index (χ1n) is 7.67. The van der Waals surface area contributed by atoms with Crippen LogP contribution in [0.4, 0.5) is 0 Å². The molecule has 1 aromatic rings. The molecule has 0 N–H and O–H groups in total. The highest BCUT2D eigenvalue weighted by molar-refractivity contribution is 6.05. The Kier molecular flexibility index (Phi) is 4.24. The monoisotopic (exact) mass is 299 g/mol. The molecule has 0 aromatic heterocycles. The predicted molar refractivity (Wildman–Crippen MR) is 84.8 cm³/mol. The largest absolute Gasteiger partial charge is 0.375 e. The second-order valence-electron chi connectivity index (χ2n) is 5.81. The van der Waals surface area contributed by atoms with E-state index in [2.05, 4.69) is 34.2 Å². The second-order valence-corrected chi connectivity index (χ2v) is 5.81. The summed E-state index contributed by atoms with van der Waals surface area (Å²) in [6.07, 6.45) is 4.54. The molecule has 2 amide bonds. The summed E-state index contributed by atoms with van der Waals surface area (Å²) < 4.78 is 0. The molecule has 5 heteroatoms. The first-order chi connectivity index (χ1) is 10.6. The normalized spacial score (nSPS) is 23.8. The van der Waals surface area contributed by atoms with Crippen molar-refractivity contribution in [1.82, 2.24) is 14.7 Å². The Morgan fingerprint density at radius 1 is 1.05 bits per heavy atom. The van der Waals surface area contributed by atoms with Gasteiger partial charge in [-0.15, -0.1) is 0 Å².